The summed E-state index contributed by atoms with van der Waals surface area (Å²) in [5, 5.41) is 0.767. The molecule has 1 saturated heterocycles. The lowest BCUT2D eigenvalue weighted by Crippen LogP contribution is -2.37. The van der Waals surface area contributed by atoms with Crippen LogP contribution in [-0.2, 0) is 4.79 Å². The van der Waals surface area contributed by atoms with Gasteiger partial charge in [0.25, 0.3) is 0 Å². The third kappa shape index (κ3) is 2.56. The zero-order chi connectivity index (χ0) is 11.5. The van der Waals surface area contributed by atoms with E-state index in [0.717, 1.165) is 31.0 Å². The molecule has 1 aromatic carbocycles. The van der Waals surface area contributed by atoms with Crippen molar-refractivity contribution in [1.82, 2.24) is 4.90 Å². The largest absolute Gasteiger partial charge is 0.342 e. The lowest BCUT2D eigenvalue weighted by Gasteiger charge is -2.32. The average molecular weight is 238 g/mol. The van der Waals surface area contributed by atoms with Crippen LogP contribution < -0.4 is 0 Å². The van der Waals surface area contributed by atoms with Crippen LogP contribution in [0.1, 0.15) is 31.2 Å². The van der Waals surface area contributed by atoms with Gasteiger partial charge >= 0.3 is 0 Å². The van der Waals surface area contributed by atoms with Gasteiger partial charge in [-0.1, -0.05) is 23.7 Å². The summed E-state index contributed by atoms with van der Waals surface area (Å²) in [6.45, 7) is 3.39. The van der Waals surface area contributed by atoms with Crippen molar-refractivity contribution < 1.29 is 4.79 Å². The molecule has 0 aliphatic carbocycles. The first-order valence-electron chi connectivity index (χ1n) is 5.68. The van der Waals surface area contributed by atoms with Gasteiger partial charge in [-0.3, -0.25) is 4.79 Å². The molecule has 0 radical (unpaired) electrons. The third-order valence-electron chi connectivity index (χ3n) is 3.21. The summed E-state index contributed by atoms with van der Waals surface area (Å²) in [5.74, 6) is 0.647. The summed E-state index contributed by atoms with van der Waals surface area (Å²) < 4.78 is 0. The van der Waals surface area contributed by atoms with E-state index in [9.17, 15) is 4.79 Å². The number of rotatable bonds is 1. The molecule has 86 valence electrons. The molecule has 1 atom stereocenters. The van der Waals surface area contributed by atoms with Gasteiger partial charge in [-0.15, -0.1) is 0 Å². The van der Waals surface area contributed by atoms with E-state index in [-0.39, 0.29) is 5.91 Å². The number of hydrogen-bond donors (Lipinski definition) is 0. The number of carbonyl (C=O) groups is 1. The first-order chi connectivity index (χ1) is 7.66. The van der Waals surface area contributed by atoms with E-state index in [1.165, 1.54) is 5.56 Å². The van der Waals surface area contributed by atoms with E-state index in [4.69, 9.17) is 11.6 Å². The molecule has 1 aliphatic rings. The summed E-state index contributed by atoms with van der Waals surface area (Å²) in [7, 11) is 0. The predicted molar refractivity (Wildman–Crippen MR) is 65.7 cm³/mol. The molecule has 0 bridgehead atoms. The van der Waals surface area contributed by atoms with Gasteiger partial charge in [0.2, 0.25) is 5.91 Å². The minimum absolute atomic E-state index is 0.179. The Kier molecular flexibility index (Phi) is 3.49. The topological polar surface area (TPSA) is 20.3 Å². The zero-order valence-electron chi connectivity index (χ0n) is 9.45. The van der Waals surface area contributed by atoms with E-state index < -0.39 is 0 Å². The molecule has 16 heavy (non-hydrogen) atoms. The van der Waals surface area contributed by atoms with E-state index >= 15 is 0 Å². The van der Waals surface area contributed by atoms with Crippen LogP contribution in [0.3, 0.4) is 0 Å². The van der Waals surface area contributed by atoms with Crippen LogP contribution in [0.15, 0.2) is 24.3 Å². The molecule has 0 spiro atoms. The Hall–Kier alpha value is -1.02. The molecule has 3 heteroatoms. The Morgan fingerprint density at radius 2 is 2.06 bits per heavy atom. The number of halogens is 1. The van der Waals surface area contributed by atoms with Gasteiger partial charge in [0.05, 0.1) is 0 Å². The fourth-order valence-corrected chi connectivity index (χ4v) is 2.40. The molecule has 2 rings (SSSR count). The summed E-state index contributed by atoms with van der Waals surface area (Å²) in [6, 6.07) is 7.97. The molecule has 0 saturated carbocycles. The number of carbonyl (C=O) groups excluding carboxylic acids is 1. The molecule has 1 amide bonds. The molecule has 1 aliphatic heterocycles. The zero-order valence-corrected chi connectivity index (χ0v) is 10.2. The lowest BCUT2D eigenvalue weighted by molar-refractivity contribution is -0.130. The van der Waals surface area contributed by atoms with E-state index in [2.05, 4.69) is 12.1 Å². The van der Waals surface area contributed by atoms with Crippen LogP contribution in [0.4, 0.5) is 0 Å². The van der Waals surface area contributed by atoms with Crippen molar-refractivity contribution in [3.05, 3.63) is 34.9 Å². The van der Waals surface area contributed by atoms with Gasteiger partial charge in [-0.25, -0.2) is 0 Å². The number of amides is 1. The van der Waals surface area contributed by atoms with Gasteiger partial charge in [0, 0.05) is 31.0 Å². The van der Waals surface area contributed by atoms with Crippen molar-refractivity contribution >= 4 is 17.5 Å². The van der Waals surface area contributed by atoms with Crippen molar-refractivity contribution in [1.29, 1.82) is 0 Å². The summed E-state index contributed by atoms with van der Waals surface area (Å²) in [6.07, 6.45) is 2.25. The minimum atomic E-state index is 0.179. The molecule has 1 unspecified atom stereocenters. The highest BCUT2D eigenvalue weighted by Crippen LogP contribution is 2.27. The monoisotopic (exact) mass is 237 g/mol. The molecule has 1 aromatic rings. The van der Waals surface area contributed by atoms with Crippen molar-refractivity contribution in [2.24, 2.45) is 0 Å². The summed E-state index contributed by atoms with van der Waals surface area (Å²) in [5.41, 5.74) is 1.29. The van der Waals surface area contributed by atoms with Gasteiger partial charge < -0.3 is 4.90 Å². The van der Waals surface area contributed by atoms with Crippen LogP contribution in [0, 0.1) is 0 Å². The number of nitrogens with zero attached hydrogens (tertiary/aromatic N) is 1. The predicted octanol–water partition coefficient (Wildman–Crippen LogP) is 3.07. The minimum Gasteiger partial charge on any atom is -0.342 e. The highest BCUT2D eigenvalue weighted by Gasteiger charge is 2.22. The summed E-state index contributed by atoms with van der Waals surface area (Å²) in [4.78, 5) is 13.3. The van der Waals surface area contributed by atoms with Crippen LogP contribution >= 0.6 is 11.6 Å². The fourth-order valence-electron chi connectivity index (χ4n) is 2.27. The van der Waals surface area contributed by atoms with Crippen molar-refractivity contribution in [2.75, 3.05) is 13.1 Å². The normalized spacial score (nSPS) is 20.9. The molecule has 1 heterocycles. The van der Waals surface area contributed by atoms with Crippen molar-refractivity contribution in [2.45, 2.75) is 25.7 Å². The first-order valence-corrected chi connectivity index (χ1v) is 6.05. The second-order valence-corrected chi connectivity index (χ2v) is 4.79. The van der Waals surface area contributed by atoms with Crippen LogP contribution in [-0.4, -0.2) is 23.9 Å². The molecule has 1 fully saturated rings. The van der Waals surface area contributed by atoms with Gasteiger partial charge in [-0.05, 0) is 30.5 Å². The molecular formula is C13H16ClNO. The quantitative estimate of drug-likeness (QED) is 0.735. The summed E-state index contributed by atoms with van der Waals surface area (Å²) >= 11 is 5.87. The molecule has 0 aromatic heterocycles. The van der Waals surface area contributed by atoms with Gasteiger partial charge in [-0.2, -0.15) is 0 Å². The third-order valence-corrected chi connectivity index (χ3v) is 3.46. The molecular weight excluding hydrogens is 222 g/mol. The SMILES string of the molecule is CC(=O)N1CCCC(c2ccc(Cl)cc2)C1. The Bertz CT molecular complexity index is 374. The number of likely N-dealkylation sites (tertiary alicyclic amines) is 1. The smallest absolute Gasteiger partial charge is 0.219 e. The van der Waals surface area contributed by atoms with Crippen LogP contribution in [0.5, 0.6) is 0 Å². The second kappa shape index (κ2) is 4.88. The number of piperidine rings is 1. The second-order valence-electron chi connectivity index (χ2n) is 4.36. The Morgan fingerprint density at radius 3 is 2.69 bits per heavy atom. The molecule has 0 N–H and O–H groups in total. The maximum Gasteiger partial charge on any atom is 0.219 e. The standard InChI is InChI=1S/C13H16ClNO/c1-10(16)15-8-2-3-12(9-15)11-4-6-13(14)7-5-11/h4-7,12H,2-3,8-9H2,1H3. The number of hydrogen-bond acceptors (Lipinski definition) is 1. The maximum atomic E-state index is 11.3. The highest BCUT2D eigenvalue weighted by molar-refractivity contribution is 6.30. The average Bonchev–Trinajstić information content (AvgIpc) is 2.30. The lowest BCUT2D eigenvalue weighted by atomic mass is 9.91. The van der Waals surface area contributed by atoms with Gasteiger partial charge in [0.15, 0.2) is 0 Å². The fraction of sp³-hybridized carbons (Fsp3) is 0.462. The number of benzene rings is 1. The van der Waals surface area contributed by atoms with Gasteiger partial charge in [0.1, 0.15) is 0 Å². The Labute approximate surface area is 101 Å². The first kappa shape index (κ1) is 11.5. The van der Waals surface area contributed by atoms with E-state index in [0.29, 0.717) is 5.92 Å². The highest BCUT2D eigenvalue weighted by atomic mass is 35.5. The molecule has 2 nitrogen and oxygen atoms in total. The van der Waals surface area contributed by atoms with E-state index in [1.807, 2.05) is 17.0 Å². The Balaban J connectivity index is 2.09. The van der Waals surface area contributed by atoms with Crippen LogP contribution in [0.25, 0.3) is 0 Å². The van der Waals surface area contributed by atoms with Crippen LogP contribution in [0.2, 0.25) is 5.02 Å². The van der Waals surface area contributed by atoms with E-state index in [1.54, 1.807) is 6.92 Å². The maximum absolute atomic E-state index is 11.3. The van der Waals surface area contributed by atoms with Crippen molar-refractivity contribution in [3.63, 3.8) is 0 Å². The Morgan fingerprint density at radius 1 is 1.38 bits per heavy atom. The van der Waals surface area contributed by atoms with Crippen molar-refractivity contribution in [3.8, 4) is 0 Å².